The molecule has 0 unspecified atom stereocenters. The Bertz CT molecular complexity index is 649. The highest BCUT2D eigenvalue weighted by Gasteiger charge is 2.13. The Morgan fingerprint density at radius 1 is 1.25 bits per heavy atom. The molecule has 2 rings (SSSR count). The van der Waals surface area contributed by atoms with E-state index in [0.717, 1.165) is 22.0 Å². The van der Waals surface area contributed by atoms with Crippen LogP contribution in [-0.2, 0) is 0 Å². The molecule has 0 amide bonds. The van der Waals surface area contributed by atoms with Gasteiger partial charge in [0.15, 0.2) is 0 Å². The summed E-state index contributed by atoms with van der Waals surface area (Å²) in [5.41, 5.74) is 2.36. The van der Waals surface area contributed by atoms with Gasteiger partial charge in [0.2, 0.25) is 0 Å². The van der Waals surface area contributed by atoms with E-state index in [1.165, 1.54) is 0 Å². The van der Waals surface area contributed by atoms with Crippen molar-refractivity contribution in [3.8, 4) is 11.8 Å². The second-order valence-corrected chi connectivity index (χ2v) is 5.58. The van der Waals surface area contributed by atoms with Gasteiger partial charge in [-0.1, -0.05) is 19.1 Å². The van der Waals surface area contributed by atoms with E-state index >= 15 is 0 Å². The molecule has 0 bridgehead atoms. The summed E-state index contributed by atoms with van der Waals surface area (Å²) < 4.78 is 0. The fourth-order valence-electron chi connectivity index (χ4n) is 2.03. The van der Waals surface area contributed by atoms with Crippen molar-refractivity contribution in [2.24, 2.45) is 0 Å². The smallest absolute Gasteiger partial charge is 0.117 e. The predicted molar refractivity (Wildman–Crippen MR) is 83.7 cm³/mol. The topological polar surface area (TPSA) is 47.3 Å². The number of hydrogen-bond donors (Lipinski definition) is 1. The average molecular weight is 284 g/mol. The van der Waals surface area contributed by atoms with Crippen LogP contribution in [-0.4, -0.2) is 17.9 Å². The van der Waals surface area contributed by atoms with Gasteiger partial charge in [-0.25, -0.2) is 0 Å². The first-order valence-electron chi connectivity index (χ1n) is 6.36. The third-order valence-electron chi connectivity index (χ3n) is 2.99. The molecule has 4 heteroatoms. The lowest BCUT2D eigenvalue weighted by Gasteiger charge is -2.22. The number of phenolic OH excluding ortho intramolecular Hbond substituents is 1. The minimum absolute atomic E-state index is 0.215. The summed E-state index contributed by atoms with van der Waals surface area (Å²) in [5, 5.41) is 19.0. The van der Waals surface area contributed by atoms with Gasteiger partial charge in [0.1, 0.15) is 11.8 Å². The first kappa shape index (κ1) is 14.3. The van der Waals surface area contributed by atoms with Gasteiger partial charge in [0, 0.05) is 23.7 Å². The largest absolute Gasteiger partial charge is 0.508 e. The van der Waals surface area contributed by atoms with Crippen LogP contribution in [0.5, 0.6) is 5.75 Å². The van der Waals surface area contributed by atoms with Crippen LogP contribution >= 0.6 is 11.8 Å². The van der Waals surface area contributed by atoms with Crippen LogP contribution in [0, 0.1) is 11.3 Å². The number of rotatable bonds is 4. The zero-order valence-electron chi connectivity index (χ0n) is 11.5. The first-order valence-corrected chi connectivity index (χ1v) is 7.34. The number of thioether (sulfide) groups is 1. The first-order chi connectivity index (χ1) is 9.67. The van der Waals surface area contributed by atoms with E-state index in [1.807, 2.05) is 36.2 Å². The summed E-state index contributed by atoms with van der Waals surface area (Å²) in [5.74, 6) is 1.14. The number of phenols is 1. The normalized spacial score (nSPS) is 10.1. The van der Waals surface area contributed by atoms with Gasteiger partial charge >= 0.3 is 0 Å². The molecule has 2 aromatic carbocycles. The van der Waals surface area contributed by atoms with Gasteiger partial charge in [-0.3, -0.25) is 0 Å². The van der Waals surface area contributed by atoms with Gasteiger partial charge in [-0.2, -0.15) is 5.26 Å². The van der Waals surface area contributed by atoms with Crippen LogP contribution in [0.3, 0.4) is 0 Å². The molecule has 0 saturated heterocycles. The van der Waals surface area contributed by atoms with Crippen LogP contribution in [0.15, 0.2) is 47.4 Å². The van der Waals surface area contributed by atoms with E-state index in [1.54, 1.807) is 30.0 Å². The monoisotopic (exact) mass is 284 g/mol. The Morgan fingerprint density at radius 3 is 2.65 bits per heavy atom. The molecule has 20 heavy (non-hydrogen) atoms. The van der Waals surface area contributed by atoms with Crippen molar-refractivity contribution in [2.75, 3.05) is 17.7 Å². The lowest BCUT2D eigenvalue weighted by atomic mass is 10.1. The van der Waals surface area contributed by atoms with Gasteiger partial charge < -0.3 is 10.0 Å². The molecule has 0 radical (unpaired) electrons. The van der Waals surface area contributed by atoms with Crippen LogP contribution in [0.25, 0.3) is 0 Å². The molecule has 2 aromatic rings. The lowest BCUT2D eigenvalue weighted by molar-refractivity contribution is 0.475. The maximum absolute atomic E-state index is 9.58. The molecule has 3 nitrogen and oxygen atoms in total. The number of benzene rings is 2. The van der Waals surface area contributed by atoms with Gasteiger partial charge in [0.05, 0.1) is 11.3 Å². The quantitative estimate of drug-likeness (QED) is 0.857. The SMILES string of the molecule is CCSc1cccc(N(C)c2cccc(O)c2)c1C#N. The summed E-state index contributed by atoms with van der Waals surface area (Å²) in [6.45, 7) is 2.07. The lowest BCUT2D eigenvalue weighted by Crippen LogP contribution is -2.11. The summed E-state index contributed by atoms with van der Waals surface area (Å²) >= 11 is 1.66. The Balaban J connectivity index is 2.47. The fourth-order valence-corrected chi connectivity index (χ4v) is 2.81. The number of nitrogens with zero attached hydrogens (tertiary/aromatic N) is 2. The van der Waals surface area contributed by atoms with Crippen LogP contribution in [0.2, 0.25) is 0 Å². The number of aromatic hydroxyl groups is 1. The highest BCUT2D eigenvalue weighted by atomic mass is 32.2. The van der Waals surface area contributed by atoms with Crippen molar-refractivity contribution in [1.82, 2.24) is 0 Å². The van der Waals surface area contributed by atoms with Gasteiger partial charge in [-0.15, -0.1) is 11.8 Å². The molecular weight excluding hydrogens is 268 g/mol. The third-order valence-corrected chi connectivity index (χ3v) is 3.93. The molecule has 102 valence electrons. The van der Waals surface area contributed by atoms with E-state index in [9.17, 15) is 10.4 Å². The Hall–Kier alpha value is -2.12. The molecule has 0 aliphatic heterocycles. The fraction of sp³-hybridized carbons (Fsp3) is 0.188. The molecule has 0 atom stereocenters. The van der Waals surface area contributed by atoms with Crippen LogP contribution < -0.4 is 4.90 Å². The minimum Gasteiger partial charge on any atom is -0.508 e. The number of hydrogen-bond acceptors (Lipinski definition) is 4. The zero-order chi connectivity index (χ0) is 14.5. The van der Waals surface area contributed by atoms with Crippen molar-refractivity contribution >= 4 is 23.1 Å². The molecule has 1 N–H and O–H groups in total. The maximum atomic E-state index is 9.58. The zero-order valence-corrected chi connectivity index (χ0v) is 12.3. The van der Waals surface area contributed by atoms with Crippen LogP contribution in [0.1, 0.15) is 12.5 Å². The molecule has 0 saturated carbocycles. The highest BCUT2D eigenvalue weighted by Crippen LogP contribution is 2.33. The molecule has 0 heterocycles. The maximum Gasteiger partial charge on any atom is 0.117 e. The standard InChI is InChI=1S/C16H16N2OS/c1-3-20-16-9-5-8-15(14(16)11-17)18(2)12-6-4-7-13(19)10-12/h4-10,19H,3H2,1-2H3. The van der Waals surface area contributed by atoms with E-state index < -0.39 is 0 Å². The molecule has 0 fully saturated rings. The molecule has 0 aliphatic rings. The van der Waals surface area contributed by atoms with Crippen molar-refractivity contribution in [3.05, 3.63) is 48.0 Å². The van der Waals surface area contributed by atoms with Crippen molar-refractivity contribution in [3.63, 3.8) is 0 Å². The molecular formula is C16H16N2OS. The number of anilines is 2. The van der Waals surface area contributed by atoms with Crippen LogP contribution in [0.4, 0.5) is 11.4 Å². The number of nitriles is 1. The Kier molecular flexibility index (Phi) is 4.54. The molecule has 0 aromatic heterocycles. The van der Waals surface area contributed by atoms with Crippen molar-refractivity contribution in [1.29, 1.82) is 5.26 Å². The molecule has 0 aliphatic carbocycles. The summed E-state index contributed by atoms with van der Waals surface area (Å²) in [6.07, 6.45) is 0. The van der Waals surface area contributed by atoms with E-state index in [4.69, 9.17) is 0 Å². The third kappa shape index (κ3) is 2.89. The predicted octanol–water partition coefficient (Wildman–Crippen LogP) is 4.14. The van der Waals surface area contributed by atoms with Gasteiger partial charge in [0.25, 0.3) is 0 Å². The van der Waals surface area contributed by atoms with E-state index in [2.05, 4.69) is 13.0 Å². The Morgan fingerprint density at radius 2 is 2.00 bits per heavy atom. The summed E-state index contributed by atoms with van der Waals surface area (Å²) in [6, 6.07) is 15.1. The van der Waals surface area contributed by atoms with Crippen molar-refractivity contribution in [2.45, 2.75) is 11.8 Å². The second kappa shape index (κ2) is 6.36. The average Bonchev–Trinajstić information content (AvgIpc) is 2.46. The van der Waals surface area contributed by atoms with E-state index in [0.29, 0.717) is 5.56 Å². The summed E-state index contributed by atoms with van der Waals surface area (Å²) in [7, 11) is 1.89. The Labute approximate surface area is 123 Å². The minimum atomic E-state index is 0.215. The summed E-state index contributed by atoms with van der Waals surface area (Å²) in [4.78, 5) is 2.90. The highest BCUT2D eigenvalue weighted by molar-refractivity contribution is 7.99. The van der Waals surface area contributed by atoms with E-state index in [-0.39, 0.29) is 5.75 Å². The molecule has 0 spiro atoms. The van der Waals surface area contributed by atoms with Crippen molar-refractivity contribution < 1.29 is 5.11 Å². The second-order valence-electron chi connectivity index (χ2n) is 4.27. The van der Waals surface area contributed by atoms with Gasteiger partial charge in [-0.05, 0) is 30.0 Å².